The maximum Gasteiger partial charge on any atom is 0.262 e. The Morgan fingerprint density at radius 2 is 1.67 bits per heavy atom. The zero-order valence-corrected chi connectivity index (χ0v) is 24.0. The van der Waals surface area contributed by atoms with Crippen LogP contribution in [0.2, 0.25) is 0 Å². The smallest absolute Gasteiger partial charge is 0.262 e. The molecule has 0 saturated heterocycles. The molecule has 0 atom stereocenters. The van der Waals surface area contributed by atoms with Crippen LogP contribution in [-0.4, -0.2) is 34.7 Å². The molecule has 42 heavy (non-hydrogen) atoms. The van der Waals surface area contributed by atoms with Crippen molar-refractivity contribution in [3.05, 3.63) is 94.5 Å². The molecule has 0 radical (unpaired) electrons. The number of amides is 1. The van der Waals surface area contributed by atoms with Crippen LogP contribution in [0.25, 0.3) is 22.0 Å². The van der Waals surface area contributed by atoms with Gasteiger partial charge < -0.3 is 29.8 Å². The van der Waals surface area contributed by atoms with Crippen LogP contribution in [0, 0.1) is 6.92 Å². The molecule has 0 spiro atoms. The van der Waals surface area contributed by atoms with Crippen molar-refractivity contribution in [1.29, 1.82) is 0 Å². The number of methoxy groups -OCH3 is 2. The first-order valence-electron chi connectivity index (χ1n) is 13.3. The minimum Gasteiger partial charge on any atom is -0.493 e. The molecule has 0 aliphatic heterocycles. The third kappa shape index (κ3) is 5.73. The third-order valence-electron chi connectivity index (χ3n) is 6.75. The molecule has 3 N–H and O–H groups in total. The van der Waals surface area contributed by atoms with Crippen LogP contribution in [0.3, 0.4) is 0 Å². The van der Waals surface area contributed by atoms with Gasteiger partial charge in [0.25, 0.3) is 5.91 Å². The number of aromatic nitrogens is 3. The number of carbonyl (C=O) groups is 1. The molecule has 10 heteroatoms. The van der Waals surface area contributed by atoms with E-state index in [1.54, 1.807) is 56.9 Å². The van der Waals surface area contributed by atoms with Crippen molar-refractivity contribution in [3.8, 4) is 34.1 Å². The topological polar surface area (TPSA) is 131 Å². The summed E-state index contributed by atoms with van der Waals surface area (Å²) in [5.74, 6) is 1.84. The molecule has 214 valence electrons. The maximum atomic E-state index is 13.4. The van der Waals surface area contributed by atoms with E-state index in [1.807, 2.05) is 49.6 Å². The first-order chi connectivity index (χ1) is 20.2. The van der Waals surface area contributed by atoms with E-state index in [9.17, 15) is 9.59 Å². The largest absolute Gasteiger partial charge is 0.493 e. The molecule has 0 fully saturated rings. The average Bonchev–Trinajstić information content (AvgIpc) is 2.97. The van der Waals surface area contributed by atoms with Crippen LogP contribution in [0.4, 0.5) is 11.6 Å². The predicted octanol–water partition coefficient (Wildman–Crippen LogP) is 5.99. The summed E-state index contributed by atoms with van der Waals surface area (Å²) in [6.45, 7) is 5.95. The fraction of sp³-hybridized carbons (Fsp3) is 0.188. The molecule has 3 aromatic heterocycles. The van der Waals surface area contributed by atoms with E-state index in [2.05, 4.69) is 15.3 Å². The molecule has 0 aliphatic rings. The number of nitrogens with two attached hydrogens (primary N) is 1. The Morgan fingerprint density at radius 1 is 0.952 bits per heavy atom. The highest BCUT2D eigenvalue weighted by Gasteiger charge is 2.18. The van der Waals surface area contributed by atoms with E-state index in [-0.39, 0.29) is 28.7 Å². The van der Waals surface area contributed by atoms with Gasteiger partial charge in [-0.25, -0.2) is 9.97 Å². The van der Waals surface area contributed by atoms with E-state index in [0.717, 1.165) is 11.1 Å². The number of carbonyl (C=O) groups excluding carboxylic acids is 1. The first-order valence-corrected chi connectivity index (χ1v) is 13.3. The molecule has 2 aromatic carbocycles. The number of anilines is 2. The van der Waals surface area contributed by atoms with Crippen LogP contribution >= 0.6 is 0 Å². The monoisotopic (exact) mass is 565 g/mol. The SMILES string of the molecule is COc1cc2nc(N)cc(Oc3ccc(NC(=O)c4cn(C(C)C)cc(-c5ccc(C)cc5)c4=O)nc3)c2cc1OC. The minimum absolute atomic E-state index is 0.0204. The van der Waals surface area contributed by atoms with Crippen molar-refractivity contribution in [3.63, 3.8) is 0 Å². The fourth-order valence-corrected chi connectivity index (χ4v) is 4.45. The number of rotatable bonds is 8. The van der Waals surface area contributed by atoms with E-state index < -0.39 is 5.91 Å². The highest BCUT2D eigenvalue weighted by atomic mass is 16.5. The summed E-state index contributed by atoms with van der Waals surface area (Å²) < 4.78 is 18.7. The van der Waals surface area contributed by atoms with Gasteiger partial charge in [-0.2, -0.15) is 0 Å². The van der Waals surface area contributed by atoms with Crippen molar-refractivity contribution >= 4 is 28.4 Å². The third-order valence-corrected chi connectivity index (χ3v) is 6.75. The number of nitrogens with zero attached hydrogens (tertiary/aromatic N) is 3. The standard InChI is InChI=1S/C32H31N5O5/c1-18(2)37-16-23(20-8-6-19(3)7-9-20)31(38)24(17-37)32(39)36-30-11-10-21(15-34-30)42-26-14-29(33)35-25-13-28(41-5)27(40-4)12-22(25)26/h6-18H,1-5H3,(H2,33,35)(H,34,36,39). The number of nitrogen functional groups attached to an aromatic ring is 1. The molecule has 3 heterocycles. The number of hydrogen-bond acceptors (Lipinski definition) is 8. The Labute approximate surface area is 242 Å². The highest BCUT2D eigenvalue weighted by molar-refractivity contribution is 6.04. The second-order valence-electron chi connectivity index (χ2n) is 10.0. The summed E-state index contributed by atoms with van der Waals surface area (Å²) in [5, 5.41) is 3.39. The summed E-state index contributed by atoms with van der Waals surface area (Å²) in [4.78, 5) is 35.4. The second-order valence-corrected chi connectivity index (χ2v) is 10.0. The van der Waals surface area contributed by atoms with Gasteiger partial charge in [-0.15, -0.1) is 0 Å². The summed E-state index contributed by atoms with van der Waals surface area (Å²) in [7, 11) is 3.09. The normalized spacial score (nSPS) is 11.0. The number of ether oxygens (including phenoxy) is 3. The maximum absolute atomic E-state index is 13.4. The number of nitrogens with one attached hydrogen (secondary N) is 1. The van der Waals surface area contributed by atoms with Crippen molar-refractivity contribution in [1.82, 2.24) is 14.5 Å². The Bertz CT molecular complexity index is 1830. The molecule has 0 aliphatic carbocycles. The van der Waals surface area contributed by atoms with Gasteiger partial charge in [0.1, 0.15) is 28.7 Å². The summed E-state index contributed by atoms with van der Waals surface area (Å²) in [6.07, 6.45) is 4.81. The number of hydrogen-bond donors (Lipinski definition) is 2. The lowest BCUT2D eigenvalue weighted by Crippen LogP contribution is -2.25. The van der Waals surface area contributed by atoms with E-state index in [1.165, 1.54) is 6.20 Å². The van der Waals surface area contributed by atoms with Gasteiger partial charge in [0.2, 0.25) is 5.43 Å². The second kappa shape index (κ2) is 11.6. The van der Waals surface area contributed by atoms with E-state index in [4.69, 9.17) is 19.9 Å². The summed E-state index contributed by atoms with van der Waals surface area (Å²) >= 11 is 0. The molecular weight excluding hydrogens is 534 g/mol. The van der Waals surface area contributed by atoms with Gasteiger partial charge in [0.05, 0.1) is 25.9 Å². The quantitative estimate of drug-likeness (QED) is 0.235. The Kier molecular flexibility index (Phi) is 7.79. The van der Waals surface area contributed by atoms with Crippen LogP contribution in [-0.2, 0) is 0 Å². The lowest BCUT2D eigenvalue weighted by Gasteiger charge is -2.15. The Morgan fingerprint density at radius 3 is 2.31 bits per heavy atom. The van der Waals surface area contributed by atoms with Gasteiger partial charge in [-0.1, -0.05) is 29.8 Å². The van der Waals surface area contributed by atoms with Gasteiger partial charge in [-0.3, -0.25) is 9.59 Å². The molecule has 5 aromatic rings. The highest BCUT2D eigenvalue weighted by Crippen LogP contribution is 2.38. The summed E-state index contributed by atoms with van der Waals surface area (Å²) in [5.41, 5.74) is 8.52. The number of benzene rings is 2. The van der Waals surface area contributed by atoms with Gasteiger partial charge in [0.15, 0.2) is 11.5 Å². The van der Waals surface area contributed by atoms with Crippen molar-refractivity contribution in [2.45, 2.75) is 26.8 Å². The first kappa shape index (κ1) is 28.2. The van der Waals surface area contributed by atoms with E-state index >= 15 is 0 Å². The average molecular weight is 566 g/mol. The molecule has 0 bridgehead atoms. The van der Waals surface area contributed by atoms with E-state index in [0.29, 0.717) is 39.5 Å². The number of fused-ring (bicyclic) bond motifs is 1. The van der Waals surface area contributed by atoms with Gasteiger partial charge in [-0.05, 0) is 44.5 Å². The van der Waals surface area contributed by atoms with Crippen molar-refractivity contribution < 1.29 is 19.0 Å². The van der Waals surface area contributed by atoms with Crippen molar-refractivity contribution in [2.75, 3.05) is 25.3 Å². The molecule has 1 amide bonds. The van der Waals surface area contributed by atoms with Gasteiger partial charge in [0, 0.05) is 41.5 Å². The summed E-state index contributed by atoms with van der Waals surface area (Å²) in [6, 6.07) is 16.0. The Balaban J connectivity index is 1.41. The minimum atomic E-state index is -0.557. The molecule has 0 unspecified atom stereocenters. The zero-order valence-electron chi connectivity index (χ0n) is 24.0. The Hall–Kier alpha value is -5.38. The molecule has 0 saturated carbocycles. The number of aryl methyl sites for hydroxylation is 1. The predicted molar refractivity (Wildman–Crippen MR) is 163 cm³/mol. The number of pyridine rings is 3. The van der Waals surface area contributed by atoms with Gasteiger partial charge >= 0.3 is 0 Å². The zero-order chi connectivity index (χ0) is 30.0. The molecular formula is C32H31N5O5. The lowest BCUT2D eigenvalue weighted by atomic mass is 10.0. The molecule has 10 nitrogen and oxygen atoms in total. The van der Waals surface area contributed by atoms with Crippen LogP contribution in [0.5, 0.6) is 23.0 Å². The fourth-order valence-electron chi connectivity index (χ4n) is 4.45. The van der Waals surface area contributed by atoms with Crippen LogP contribution < -0.4 is 30.7 Å². The van der Waals surface area contributed by atoms with Crippen molar-refractivity contribution in [2.24, 2.45) is 0 Å². The van der Waals surface area contributed by atoms with Crippen LogP contribution in [0.15, 0.2) is 78.0 Å². The lowest BCUT2D eigenvalue weighted by molar-refractivity contribution is 0.102. The van der Waals surface area contributed by atoms with Crippen LogP contribution in [0.1, 0.15) is 35.8 Å². The molecule has 5 rings (SSSR count).